The van der Waals surface area contributed by atoms with E-state index in [4.69, 9.17) is 0 Å². The molecule has 5 heteroatoms. The molecule has 0 fully saturated rings. The fraction of sp³-hybridized carbons (Fsp3) is 0.231. The van der Waals surface area contributed by atoms with Crippen LogP contribution in [0.2, 0.25) is 0 Å². The molecule has 0 heterocycles. The van der Waals surface area contributed by atoms with Crippen molar-refractivity contribution in [1.82, 2.24) is 5.32 Å². The Kier molecular flexibility index (Phi) is 6.32. The number of rotatable bonds is 5. The summed E-state index contributed by atoms with van der Waals surface area (Å²) in [6.45, 7) is 1.90. The van der Waals surface area contributed by atoms with Crippen LogP contribution in [0.1, 0.15) is 42.5 Å². The number of hydrogen-bond donors (Lipinski definition) is 3. The Morgan fingerprint density at radius 2 is 1.39 bits per heavy atom. The van der Waals surface area contributed by atoms with Crippen molar-refractivity contribution < 1.29 is 9.59 Å². The monoisotopic (exact) mass is 413 g/mol. The first-order chi connectivity index (χ1) is 15.1. The van der Waals surface area contributed by atoms with Crippen molar-refractivity contribution in [3.8, 4) is 0 Å². The summed E-state index contributed by atoms with van der Waals surface area (Å²) in [5, 5.41) is 8.75. The van der Waals surface area contributed by atoms with Crippen LogP contribution >= 0.6 is 0 Å². The smallest absolute Gasteiger partial charge is 0.313 e. The molecule has 0 saturated heterocycles. The van der Waals surface area contributed by atoms with Crippen molar-refractivity contribution >= 4 is 28.9 Å². The van der Waals surface area contributed by atoms with Gasteiger partial charge in [-0.1, -0.05) is 36.4 Å². The Bertz CT molecular complexity index is 1060. The first kappa shape index (κ1) is 20.7. The van der Waals surface area contributed by atoms with Crippen molar-refractivity contribution in [3.63, 3.8) is 0 Å². The minimum Gasteiger partial charge on any atom is -0.356 e. The predicted molar refractivity (Wildman–Crippen MR) is 124 cm³/mol. The molecule has 0 radical (unpaired) electrons. The van der Waals surface area contributed by atoms with Gasteiger partial charge in [0, 0.05) is 17.1 Å². The number of benzene rings is 3. The molecule has 3 aromatic carbocycles. The maximum atomic E-state index is 12.4. The highest BCUT2D eigenvalue weighted by Gasteiger charge is 2.18. The third kappa shape index (κ3) is 5.31. The van der Waals surface area contributed by atoms with Crippen LogP contribution in [0, 0.1) is 0 Å². The molecule has 1 unspecified atom stereocenters. The van der Waals surface area contributed by atoms with Gasteiger partial charge in [-0.15, -0.1) is 0 Å². The van der Waals surface area contributed by atoms with Crippen LogP contribution < -0.4 is 16.0 Å². The van der Waals surface area contributed by atoms with Gasteiger partial charge in [0.1, 0.15) is 0 Å². The summed E-state index contributed by atoms with van der Waals surface area (Å²) in [4.78, 5) is 24.7. The zero-order valence-electron chi connectivity index (χ0n) is 17.7. The second-order valence-electron chi connectivity index (χ2n) is 7.95. The third-order valence-corrected chi connectivity index (χ3v) is 5.63. The molecule has 0 bridgehead atoms. The van der Waals surface area contributed by atoms with Crippen molar-refractivity contribution in [2.24, 2.45) is 0 Å². The minimum absolute atomic E-state index is 0.233. The van der Waals surface area contributed by atoms with Gasteiger partial charge >= 0.3 is 11.8 Å². The summed E-state index contributed by atoms with van der Waals surface area (Å²) in [6, 6.07) is 23.2. The van der Waals surface area contributed by atoms with E-state index in [1.165, 1.54) is 24.0 Å². The van der Waals surface area contributed by atoms with E-state index in [1.54, 1.807) is 12.1 Å². The second-order valence-corrected chi connectivity index (χ2v) is 7.95. The van der Waals surface area contributed by atoms with Gasteiger partial charge in [0.2, 0.25) is 0 Å². The molecule has 1 atom stereocenters. The Balaban J connectivity index is 1.32. The summed E-state index contributed by atoms with van der Waals surface area (Å²) in [6.07, 6.45) is 4.65. The molecule has 3 N–H and O–H groups in total. The fourth-order valence-corrected chi connectivity index (χ4v) is 3.88. The maximum Gasteiger partial charge on any atom is 0.313 e. The van der Waals surface area contributed by atoms with Crippen LogP contribution in [0.4, 0.5) is 17.1 Å². The van der Waals surface area contributed by atoms with Gasteiger partial charge in [-0.05, 0) is 85.7 Å². The molecule has 0 spiro atoms. The SMILES string of the molecule is CC(NC(=O)C(=O)Nc1ccc(Nc2ccccc2)cc1)c1ccc2c(c1)CCCC2. The van der Waals surface area contributed by atoms with Crippen molar-refractivity contribution in [2.45, 2.75) is 38.6 Å². The number of anilines is 3. The molecule has 0 saturated carbocycles. The van der Waals surface area contributed by atoms with Crippen LogP contribution in [-0.2, 0) is 22.4 Å². The highest BCUT2D eigenvalue weighted by molar-refractivity contribution is 6.39. The molecule has 5 nitrogen and oxygen atoms in total. The van der Waals surface area contributed by atoms with E-state index < -0.39 is 11.8 Å². The lowest BCUT2D eigenvalue weighted by Gasteiger charge is -2.20. The number of nitrogens with one attached hydrogen (secondary N) is 3. The zero-order chi connectivity index (χ0) is 21.6. The average Bonchev–Trinajstić information content (AvgIpc) is 2.80. The number of hydrogen-bond acceptors (Lipinski definition) is 3. The molecule has 1 aliphatic rings. The van der Waals surface area contributed by atoms with Gasteiger partial charge in [-0.3, -0.25) is 9.59 Å². The predicted octanol–water partition coefficient (Wildman–Crippen LogP) is 5.12. The molecule has 158 valence electrons. The van der Waals surface area contributed by atoms with E-state index in [1.807, 2.05) is 55.5 Å². The Hall–Kier alpha value is -3.60. The highest BCUT2D eigenvalue weighted by Crippen LogP contribution is 2.25. The fourth-order valence-electron chi connectivity index (χ4n) is 3.88. The Morgan fingerprint density at radius 1 is 0.742 bits per heavy atom. The molecule has 1 aliphatic carbocycles. The van der Waals surface area contributed by atoms with E-state index in [-0.39, 0.29) is 6.04 Å². The standard InChI is InChI=1S/C26H27N3O2/c1-18(20-12-11-19-7-5-6-8-21(19)17-20)27-25(30)26(31)29-24-15-13-23(14-16-24)28-22-9-3-2-4-10-22/h2-4,9-18,28H,5-8H2,1H3,(H,27,30)(H,29,31). The van der Waals surface area contributed by atoms with Crippen molar-refractivity contribution in [3.05, 3.63) is 89.5 Å². The highest BCUT2D eigenvalue weighted by atomic mass is 16.2. The molecule has 31 heavy (non-hydrogen) atoms. The van der Waals surface area contributed by atoms with E-state index in [2.05, 4.69) is 28.1 Å². The number of para-hydroxylation sites is 1. The van der Waals surface area contributed by atoms with Crippen LogP contribution in [-0.4, -0.2) is 11.8 Å². The van der Waals surface area contributed by atoms with Crippen LogP contribution in [0.3, 0.4) is 0 Å². The first-order valence-electron chi connectivity index (χ1n) is 10.7. The van der Waals surface area contributed by atoms with Crippen molar-refractivity contribution in [2.75, 3.05) is 10.6 Å². The lowest BCUT2D eigenvalue weighted by Crippen LogP contribution is -2.37. The van der Waals surface area contributed by atoms with E-state index >= 15 is 0 Å². The van der Waals surface area contributed by atoms with Gasteiger partial charge in [-0.2, -0.15) is 0 Å². The van der Waals surface area contributed by atoms with Gasteiger partial charge in [-0.25, -0.2) is 0 Å². The molecule has 3 aromatic rings. The normalized spacial score (nSPS) is 13.6. The van der Waals surface area contributed by atoms with Crippen LogP contribution in [0.5, 0.6) is 0 Å². The van der Waals surface area contributed by atoms with E-state index in [9.17, 15) is 9.59 Å². The van der Waals surface area contributed by atoms with Gasteiger partial charge < -0.3 is 16.0 Å². The minimum atomic E-state index is -0.673. The number of carbonyl (C=O) groups excluding carboxylic acids is 2. The Morgan fingerprint density at radius 3 is 2.13 bits per heavy atom. The largest absolute Gasteiger partial charge is 0.356 e. The summed E-state index contributed by atoms with van der Waals surface area (Å²) in [7, 11) is 0. The lowest BCUT2D eigenvalue weighted by molar-refractivity contribution is -0.136. The molecule has 0 aliphatic heterocycles. The summed E-state index contributed by atoms with van der Waals surface area (Å²) >= 11 is 0. The van der Waals surface area contributed by atoms with Crippen LogP contribution in [0.15, 0.2) is 72.8 Å². The van der Waals surface area contributed by atoms with Crippen LogP contribution in [0.25, 0.3) is 0 Å². The van der Waals surface area contributed by atoms with E-state index in [0.717, 1.165) is 29.8 Å². The molecule has 4 rings (SSSR count). The maximum absolute atomic E-state index is 12.4. The van der Waals surface area contributed by atoms with E-state index in [0.29, 0.717) is 5.69 Å². The summed E-state index contributed by atoms with van der Waals surface area (Å²) in [5.41, 5.74) is 6.23. The quantitative estimate of drug-likeness (QED) is 0.508. The van der Waals surface area contributed by atoms with Crippen molar-refractivity contribution in [1.29, 1.82) is 0 Å². The molecular weight excluding hydrogens is 386 g/mol. The summed E-state index contributed by atoms with van der Waals surface area (Å²) in [5.74, 6) is -1.31. The number of amides is 2. The molecule has 2 amide bonds. The zero-order valence-corrected chi connectivity index (χ0v) is 17.7. The summed E-state index contributed by atoms with van der Waals surface area (Å²) < 4.78 is 0. The number of fused-ring (bicyclic) bond motifs is 1. The van der Waals surface area contributed by atoms with Gasteiger partial charge in [0.25, 0.3) is 0 Å². The van der Waals surface area contributed by atoms with Gasteiger partial charge in [0.15, 0.2) is 0 Å². The first-order valence-corrected chi connectivity index (χ1v) is 10.7. The van der Waals surface area contributed by atoms with Gasteiger partial charge in [0.05, 0.1) is 6.04 Å². The second kappa shape index (κ2) is 9.47. The lowest BCUT2D eigenvalue weighted by atomic mass is 9.89. The third-order valence-electron chi connectivity index (χ3n) is 5.63. The average molecular weight is 414 g/mol. The number of carbonyl (C=O) groups is 2. The molecular formula is C26H27N3O2. The topological polar surface area (TPSA) is 70.2 Å². The number of aryl methyl sites for hydroxylation is 2. The molecule has 0 aromatic heterocycles. The Labute approximate surface area is 182 Å².